The van der Waals surface area contributed by atoms with Gasteiger partial charge in [-0.2, -0.15) is 13.2 Å². The molecule has 2 heterocycles. The summed E-state index contributed by atoms with van der Waals surface area (Å²) in [6.07, 6.45) is -3.30. The van der Waals surface area contributed by atoms with Crippen LogP contribution in [0.1, 0.15) is 11.4 Å². The monoisotopic (exact) mass is 309 g/mol. The maximum atomic E-state index is 13.8. The summed E-state index contributed by atoms with van der Waals surface area (Å²) in [4.78, 5) is 9.40. The van der Waals surface area contributed by atoms with E-state index in [4.69, 9.17) is 5.73 Å². The van der Waals surface area contributed by atoms with Crippen molar-refractivity contribution in [1.29, 1.82) is 0 Å². The molecule has 0 amide bonds. The lowest BCUT2D eigenvalue weighted by Gasteiger charge is -2.08. The number of H-pyrrole nitrogens is 1. The Balaban J connectivity index is 2.18. The minimum absolute atomic E-state index is 0.0881. The van der Waals surface area contributed by atoms with Crippen LogP contribution in [0, 0.1) is 5.82 Å². The highest BCUT2D eigenvalue weighted by Crippen LogP contribution is 2.32. The first-order valence-corrected chi connectivity index (χ1v) is 6.25. The second kappa shape index (κ2) is 5.06. The molecule has 0 saturated carbocycles. The van der Waals surface area contributed by atoms with Gasteiger partial charge >= 0.3 is 6.18 Å². The molecule has 2 aromatic heterocycles. The van der Waals surface area contributed by atoms with E-state index in [1.54, 1.807) is 6.07 Å². The minimum Gasteiger partial charge on any atom is -0.674 e. The summed E-state index contributed by atoms with van der Waals surface area (Å²) < 4.78 is 52.0. The summed E-state index contributed by atoms with van der Waals surface area (Å²) in [5.41, 5.74) is 8.14. The number of nitrogens with zero attached hydrogens (tertiary/aromatic N) is 2. The molecular formula is C14H9F4N4-. The van der Waals surface area contributed by atoms with Gasteiger partial charge in [-0.25, -0.2) is 14.4 Å². The zero-order valence-electron chi connectivity index (χ0n) is 11.0. The summed E-state index contributed by atoms with van der Waals surface area (Å²) in [7, 11) is 0. The van der Waals surface area contributed by atoms with Crippen molar-refractivity contribution in [2.45, 2.75) is 12.7 Å². The lowest BCUT2D eigenvalue weighted by Crippen LogP contribution is -2.06. The van der Waals surface area contributed by atoms with Crippen molar-refractivity contribution in [3.05, 3.63) is 53.4 Å². The molecule has 0 saturated heterocycles. The minimum atomic E-state index is -4.61. The van der Waals surface area contributed by atoms with Crippen LogP contribution in [0.2, 0.25) is 0 Å². The molecule has 0 aliphatic carbocycles. The Hall–Kier alpha value is -2.48. The Bertz CT molecular complexity index is 838. The van der Waals surface area contributed by atoms with Gasteiger partial charge in [0, 0.05) is 11.8 Å². The van der Waals surface area contributed by atoms with E-state index in [9.17, 15) is 17.6 Å². The average Bonchev–Trinajstić information content (AvgIpc) is 2.91. The molecule has 0 fully saturated rings. The second-order valence-corrected chi connectivity index (χ2v) is 4.62. The van der Waals surface area contributed by atoms with Gasteiger partial charge in [-0.1, -0.05) is 12.1 Å². The van der Waals surface area contributed by atoms with E-state index >= 15 is 0 Å². The third-order valence-electron chi connectivity index (χ3n) is 3.22. The maximum Gasteiger partial charge on any atom is 0.449 e. The van der Waals surface area contributed by atoms with E-state index in [2.05, 4.69) is 15.0 Å². The fourth-order valence-corrected chi connectivity index (χ4v) is 2.14. The number of halogens is 4. The van der Waals surface area contributed by atoms with Crippen LogP contribution >= 0.6 is 0 Å². The fraction of sp³-hybridized carbons (Fsp3) is 0.143. The largest absolute Gasteiger partial charge is 0.674 e. The first-order chi connectivity index (χ1) is 10.4. The molecule has 0 aliphatic rings. The zero-order chi connectivity index (χ0) is 15.9. The SMILES string of the molecule is [NH-]Cc1ccc(-c2ccnc3nc(C(F)(F)F)[nH]c23)cc1F. The standard InChI is InChI=1S/C14H9F4N4/c15-10-5-7(1-2-8(10)6-19)9-3-4-20-12-11(9)21-13(22-12)14(16,17)18/h1-5,19H,6H2,(H,20,21,22)/q-1. The Labute approximate surface area is 122 Å². The lowest BCUT2D eigenvalue weighted by atomic mass is 10.0. The number of alkyl halides is 3. The van der Waals surface area contributed by atoms with Gasteiger partial charge in [0.15, 0.2) is 5.65 Å². The van der Waals surface area contributed by atoms with Gasteiger partial charge in [0.25, 0.3) is 0 Å². The molecule has 2 N–H and O–H groups in total. The molecule has 0 aliphatic heterocycles. The number of hydrogen-bond acceptors (Lipinski definition) is 2. The van der Waals surface area contributed by atoms with E-state index in [1.165, 1.54) is 24.4 Å². The van der Waals surface area contributed by atoms with Crippen LogP contribution in [0.15, 0.2) is 30.5 Å². The van der Waals surface area contributed by atoms with Crippen LogP contribution in [0.25, 0.3) is 28.0 Å². The molecule has 0 bridgehead atoms. The van der Waals surface area contributed by atoms with Gasteiger partial charge in [0.2, 0.25) is 5.82 Å². The number of aromatic amines is 1. The van der Waals surface area contributed by atoms with Gasteiger partial charge in [0.1, 0.15) is 5.82 Å². The van der Waals surface area contributed by atoms with E-state index in [-0.39, 0.29) is 23.3 Å². The Morgan fingerprint density at radius 2 is 1.95 bits per heavy atom. The van der Waals surface area contributed by atoms with Crippen LogP contribution in [-0.4, -0.2) is 15.0 Å². The van der Waals surface area contributed by atoms with Gasteiger partial charge < -0.3 is 10.7 Å². The van der Waals surface area contributed by atoms with Gasteiger partial charge in [-0.15, -0.1) is 6.54 Å². The highest BCUT2D eigenvalue weighted by atomic mass is 19.4. The third-order valence-corrected chi connectivity index (χ3v) is 3.22. The number of aromatic nitrogens is 3. The Morgan fingerprint density at radius 3 is 2.59 bits per heavy atom. The van der Waals surface area contributed by atoms with Crippen molar-refractivity contribution in [3.8, 4) is 11.1 Å². The number of nitrogens with one attached hydrogen (secondary N) is 2. The summed E-state index contributed by atoms with van der Waals surface area (Å²) >= 11 is 0. The predicted octanol–water partition coefficient (Wildman–Crippen LogP) is 4.34. The molecular weight excluding hydrogens is 300 g/mol. The van der Waals surface area contributed by atoms with E-state index in [0.29, 0.717) is 11.1 Å². The van der Waals surface area contributed by atoms with Crippen molar-refractivity contribution >= 4 is 11.2 Å². The predicted molar refractivity (Wildman–Crippen MR) is 72.3 cm³/mol. The number of hydrogen-bond donors (Lipinski definition) is 1. The number of pyridine rings is 1. The van der Waals surface area contributed by atoms with Gasteiger partial charge in [-0.05, 0) is 23.3 Å². The number of rotatable bonds is 2. The van der Waals surface area contributed by atoms with Crippen molar-refractivity contribution in [3.63, 3.8) is 0 Å². The summed E-state index contributed by atoms with van der Waals surface area (Å²) in [6, 6.07) is 5.66. The molecule has 4 nitrogen and oxygen atoms in total. The van der Waals surface area contributed by atoms with Crippen LogP contribution in [0.3, 0.4) is 0 Å². The van der Waals surface area contributed by atoms with Crippen molar-refractivity contribution in [1.82, 2.24) is 15.0 Å². The van der Waals surface area contributed by atoms with Crippen LogP contribution < -0.4 is 0 Å². The first-order valence-electron chi connectivity index (χ1n) is 6.25. The van der Waals surface area contributed by atoms with E-state index < -0.39 is 17.8 Å². The summed E-state index contributed by atoms with van der Waals surface area (Å²) in [6.45, 7) is -0.208. The van der Waals surface area contributed by atoms with Crippen LogP contribution in [-0.2, 0) is 12.7 Å². The first kappa shape index (κ1) is 14.5. The topological polar surface area (TPSA) is 65.4 Å². The van der Waals surface area contributed by atoms with Crippen LogP contribution in [0.5, 0.6) is 0 Å². The summed E-state index contributed by atoms with van der Waals surface area (Å²) in [5, 5.41) is 0. The smallest absolute Gasteiger partial charge is 0.449 e. The summed E-state index contributed by atoms with van der Waals surface area (Å²) in [5.74, 6) is -1.72. The van der Waals surface area contributed by atoms with Crippen LogP contribution in [0.4, 0.5) is 17.6 Å². The molecule has 8 heteroatoms. The Kier molecular flexibility index (Phi) is 3.32. The fourth-order valence-electron chi connectivity index (χ4n) is 2.14. The van der Waals surface area contributed by atoms with E-state index in [0.717, 1.165) is 0 Å². The van der Waals surface area contributed by atoms with E-state index in [1.807, 2.05) is 0 Å². The third kappa shape index (κ3) is 2.41. The van der Waals surface area contributed by atoms with Crippen molar-refractivity contribution in [2.75, 3.05) is 0 Å². The second-order valence-electron chi connectivity index (χ2n) is 4.62. The molecule has 0 atom stereocenters. The molecule has 114 valence electrons. The highest BCUT2D eigenvalue weighted by molar-refractivity contribution is 5.89. The molecule has 3 aromatic rings. The normalized spacial score (nSPS) is 12.0. The molecule has 1 aromatic carbocycles. The van der Waals surface area contributed by atoms with Crippen molar-refractivity contribution in [2.24, 2.45) is 0 Å². The lowest BCUT2D eigenvalue weighted by molar-refractivity contribution is -0.144. The maximum absolute atomic E-state index is 13.8. The number of imidazole rings is 1. The average molecular weight is 309 g/mol. The molecule has 0 radical (unpaired) electrons. The number of fused-ring (bicyclic) bond motifs is 1. The number of benzene rings is 1. The van der Waals surface area contributed by atoms with Gasteiger partial charge in [-0.3, -0.25) is 0 Å². The van der Waals surface area contributed by atoms with Crippen molar-refractivity contribution < 1.29 is 17.6 Å². The quantitative estimate of drug-likeness (QED) is 0.716. The Morgan fingerprint density at radius 1 is 1.18 bits per heavy atom. The molecule has 0 unspecified atom stereocenters. The zero-order valence-corrected chi connectivity index (χ0v) is 11.0. The highest BCUT2D eigenvalue weighted by Gasteiger charge is 2.35. The van der Waals surface area contributed by atoms with Gasteiger partial charge in [0.05, 0.1) is 5.52 Å². The molecule has 3 rings (SSSR count). The molecule has 0 spiro atoms. The molecule has 22 heavy (non-hydrogen) atoms.